The number of ether oxygens (including phenoxy) is 1. The van der Waals surface area contributed by atoms with Crippen LogP contribution in [0.4, 0.5) is 0 Å². The number of fused-ring (bicyclic) bond motifs is 1. The molecule has 0 aliphatic carbocycles. The number of hydrogen-bond donors (Lipinski definition) is 0. The summed E-state index contributed by atoms with van der Waals surface area (Å²) in [7, 11) is 0. The van der Waals surface area contributed by atoms with Gasteiger partial charge in [-0.2, -0.15) is 0 Å². The van der Waals surface area contributed by atoms with Gasteiger partial charge in [-0.3, -0.25) is 0 Å². The number of benzene rings is 1. The number of carbonyl (C=O) groups excluding carboxylic acids is 1. The second kappa shape index (κ2) is 5.54. The molecule has 0 atom stereocenters. The Morgan fingerprint density at radius 2 is 2.22 bits per heavy atom. The van der Waals surface area contributed by atoms with E-state index in [0.717, 1.165) is 0 Å². The highest BCUT2D eigenvalue weighted by atomic mass is 16.5. The molecule has 1 heterocycles. The molecule has 0 saturated heterocycles. The number of hydrogen-bond acceptors (Lipinski definition) is 2. The first-order valence-corrected chi connectivity index (χ1v) is 6.09. The van der Waals surface area contributed by atoms with E-state index in [4.69, 9.17) is 4.74 Å². The Morgan fingerprint density at radius 1 is 1.39 bits per heavy atom. The van der Waals surface area contributed by atoms with Crippen LogP contribution in [0.3, 0.4) is 0 Å². The molecule has 3 heteroatoms. The first kappa shape index (κ1) is 12.4. The van der Waals surface area contributed by atoms with Gasteiger partial charge in [0.2, 0.25) is 0 Å². The van der Waals surface area contributed by atoms with Crippen LogP contribution in [0.15, 0.2) is 42.6 Å². The highest BCUT2D eigenvalue weighted by Crippen LogP contribution is 2.17. The largest absolute Gasteiger partial charge is 0.463 e. The Bertz CT molecular complexity index is 581. The maximum Gasteiger partial charge on any atom is 0.330 e. The summed E-state index contributed by atoms with van der Waals surface area (Å²) >= 11 is 0. The maximum atomic E-state index is 11.2. The second-order valence-corrected chi connectivity index (χ2v) is 4.18. The van der Waals surface area contributed by atoms with Gasteiger partial charge < -0.3 is 9.30 Å². The fraction of sp³-hybridized carbons (Fsp3) is 0.267. The third kappa shape index (κ3) is 2.80. The summed E-state index contributed by atoms with van der Waals surface area (Å²) in [4.78, 5) is 11.2. The minimum Gasteiger partial charge on any atom is -0.463 e. The van der Waals surface area contributed by atoms with Crippen molar-refractivity contribution in [1.82, 2.24) is 4.57 Å². The molecule has 0 spiro atoms. The molecule has 18 heavy (non-hydrogen) atoms. The average molecular weight is 243 g/mol. The topological polar surface area (TPSA) is 31.2 Å². The van der Waals surface area contributed by atoms with E-state index in [2.05, 4.69) is 35.8 Å². The van der Waals surface area contributed by atoms with Crippen LogP contribution >= 0.6 is 0 Å². The number of esters is 1. The van der Waals surface area contributed by atoms with E-state index < -0.39 is 0 Å². The third-order valence-electron chi connectivity index (χ3n) is 2.77. The molecular formula is C15H17NO2. The summed E-state index contributed by atoms with van der Waals surface area (Å²) in [6, 6.07) is 8.43. The second-order valence-electron chi connectivity index (χ2n) is 4.18. The lowest BCUT2D eigenvalue weighted by molar-refractivity contribution is -0.137. The smallest absolute Gasteiger partial charge is 0.330 e. The number of aryl methyl sites for hydroxylation is 1. The summed E-state index contributed by atoms with van der Waals surface area (Å²) in [6.07, 6.45) is 5.32. The molecule has 0 bridgehead atoms. The van der Waals surface area contributed by atoms with Crippen molar-refractivity contribution < 1.29 is 9.53 Å². The summed E-state index contributed by atoms with van der Waals surface area (Å²) in [6.45, 7) is 4.96. The minimum absolute atomic E-state index is 0.287. The molecule has 0 N–H and O–H groups in total. The van der Waals surface area contributed by atoms with Gasteiger partial charge in [-0.25, -0.2) is 4.79 Å². The van der Waals surface area contributed by atoms with E-state index >= 15 is 0 Å². The molecule has 0 saturated carbocycles. The van der Waals surface area contributed by atoms with Crippen molar-refractivity contribution >= 4 is 16.9 Å². The van der Waals surface area contributed by atoms with Crippen LogP contribution in [0.25, 0.3) is 10.9 Å². The normalized spacial score (nSPS) is 11.2. The van der Waals surface area contributed by atoms with Crippen molar-refractivity contribution in [2.45, 2.75) is 20.4 Å². The van der Waals surface area contributed by atoms with Gasteiger partial charge in [0.25, 0.3) is 0 Å². The zero-order valence-corrected chi connectivity index (χ0v) is 10.7. The monoisotopic (exact) mass is 243 g/mol. The van der Waals surface area contributed by atoms with E-state index in [9.17, 15) is 4.79 Å². The quantitative estimate of drug-likeness (QED) is 0.610. The minimum atomic E-state index is -0.287. The standard InChI is InChI=1S/C15H17NO2/c1-3-18-15(17)5-4-9-16-10-8-13-7-6-12(2)11-14(13)16/h4-8,10-11H,3,9H2,1-2H3/b5-4+. The van der Waals surface area contributed by atoms with Crippen LogP contribution in [0.5, 0.6) is 0 Å². The van der Waals surface area contributed by atoms with Gasteiger partial charge in [0.1, 0.15) is 0 Å². The zero-order chi connectivity index (χ0) is 13.0. The first-order valence-electron chi connectivity index (χ1n) is 6.09. The third-order valence-corrected chi connectivity index (χ3v) is 2.77. The first-order chi connectivity index (χ1) is 8.70. The average Bonchev–Trinajstić information content (AvgIpc) is 2.72. The summed E-state index contributed by atoms with van der Waals surface area (Å²) in [5, 5.41) is 1.21. The molecule has 0 unspecified atom stereocenters. The maximum absolute atomic E-state index is 11.2. The molecular weight excluding hydrogens is 226 g/mol. The zero-order valence-electron chi connectivity index (χ0n) is 10.7. The summed E-state index contributed by atoms with van der Waals surface area (Å²) < 4.78 is 6.94. The molecule has 1 aromatic carbocycles. The summed E-state index contributed by atoms with van der Waals surface area (Å²) in [5.74, 6) is -0.287. The van der Waals surface area contributed by atoms with Crippen molar-refractivity contribution in [3.05, 3.63) is 48.2 Å². The SMILES string of the molecule is CCOC(=O)/C=C/Cn1ccc2ccc(C)cc21. The Kier molecular flexibility index (Phi) is 3.82. The number of carbonyl (C=O) groups is 1. The van der Waals surface area contributed by atoms with E-state index in [1.54, 1.807) is 6.92 Å². The number of allylic oxidation sites excluding steroid dienone is 1. The Labute approximate surface area is 107 Å². The molecule has 3 nitrogen and oxygen atoms in total. The highest BCUT2D eigenvalue weighted by molar-refractivity contribution is 5.82. The van der Waals surface area contributed by atoms with Gasteiger partial charge in [0.15, 0.2) is 0 Å². The van der Waals surface area contributed by atoms with Crippen molar-refractivity contribution in [3.63, 3.8) is 0 Å². The predicted molar refractivity (Wildman–Crippen MR) is 72.4 cm³/mol. The van der Waals surface area contributed by atoms with Crippen molar-refractivity contribution in [1.29, 1.82) is 0 Å². The molecule has 2 rings (SSSR count). The molecule has 0 aliphatic heterocycles. The lowest BCUT2D eigenvalue weighted by Crippen LogP contribution is -2.00. The van der Waals surface area contributed by atoms with E-state index in [0.29, 0.717) is 13.2 Å². The van der Waals surface area contributed by atoms with E-state index in [1.807, 2.05) is 12.3 Å². The fourth-order valence-corrected chi connectivity index (χ4v) is 1.91. The van der Waals surface area contributed by atoms with Crippen LogP contribution in [0, 0.1) is 6.92 Å². The van der Waals surface area contributed by atoms with E-state index in [1.165, 1.54) is 22.5 Å². The van der Waals surface area contributed by atoms with Gasteiger partial charge in [-0.05, 0) is 36.9 Å². The van der Waals surface area contributed by atoms with Crippen molar-refractivity contribution in [2.75, 3.05) is 6.61 Å². The van der Waals surface area contributed by atoms with Gasteiger partial charge in [0.05, 0.1) is 6.61 Å². The highest BCUT2D eigenvalue weighted by Gasteiger charge is 2.00. The molecule has 94 valence electrons. The lowest BCUT2D eigenvalue weighted by Gasteiger charge is -2.02. The fourth-order valence-electron chi connectivity index (χ4n) is 1.91. The lowest BCUT2D eigenvalue weighted by atomic mass is 10.2. The van der Waals surface area contributed by atoms with E-state index in [-0.39, 0.29) is 5.97 Å². The van der Waals surface area contributed by atoms with Crippen molar-refractivity contribution in [2.24, 2.45) is 0 Å². The van der Waals surface area contributed by atoms with Crippen LogP contribution in [-0.2, 0) is 16.1 Å². The molecule has 0 amide bonds. The van der Waals surface area contributed by atoms with Crippen LogP contribution in [-0.4, -0.2) is 17.1 Å². The van der Waals surface area contributed by atoms with Crippen LogP contribution in [0.1, 0.15) is 12.5 Å². The Hall–Kier alpha value is -2.03. The molecule has 1 aromatic heterocycles. The van der Waals surface area contributed by atoms with Gasteiger partial charge in [0, 0.05) is 24.3 Å². The molecule has 0 fully saturated rings. The summed E-state index contributed by atoms with van der Waals surface area (Å²) in [5.41, 5.74) is 2.42. The molecule has 0 aliphatic rings. The van der Waals surface area contributed by atoms with Gasteiger partial charge in [-0.1, -0.05) is 18.2 Å². The van der Waals surface area contributed by atoms with Crippen molar-refractivity contribution in [3.8, 4) is 0 Å². The van der Waals surface area contributed by atoms with Crippen LogP contribution < -0.4 is 0 Å². The Balaban J connectivity index is 2.12. The predicted octanol–water partition coefficient (Wildman–Crippen LogP) is 3.07. The number of aromatic nitrogens is 1. The number of nitrogens with zero attached hydrogens (tertiary/aromatic N) is 1. The van der Waals surface area contributed by atoms with Gasteiger partial charge in [-0.15, -0.1) is 0 Å². The van der Waals surface area contributed by atoms with Crippen LogP contribution in [0.2, 0.25) is 0 Å². The number of rotatable bonds is 4. The molecule has 0 radical (unpaired) electrons. The Morgan fingerprint density at radius 3 is 3.00 bits per heavy atom. The van der Waals surface area contributed by atoms with Gasteiger partial charge >= 0.3 is 5.97 Å². The molecule has 2 aromatic rings.